The SMILES string of the molecule is O=C(c1cc(=O)c2ccccc2o1)N1CCCC(C(=O)N2CCOCC2)C1. The summed E-state index contributed by atoms with van der Waals surface area (Å²) in [6, 6.07) is 8.12. The maximum atomic E-state index is 12.9. The van der Waals surface area contributed by atoms with Crippen LogP contribution in [0.3, 0.4) is 0 Å². The third-order valence-corrected chi connectivity index (χ3v) is 5.23. The highest BCUT2D eigenvalue weighted by Gasteiger charge is 2.33. The first-order valence-corrected chi connectivity index (χ1v) is 9.32. The number of carbonyl (C=O) groups is 2. The van der Waals surface area contributed by atoms with E-state index in [1.165, 1.54) is 6.07 Å². The van der Waals surface area contributed by atoms with Gasteiger partial charge in [-0.1, -0.05) is 12.1 Å². The summed E-state index contributed by atoms with van der Waals surface area (Å²) in [5.74, 6) is -0.445. The molecule has 3 heterocycles. The standard InChI is InChI=1S/C20H22N2O5/c23-16-12-18(27-17-6-2-1-5-15(16)17)20(25)22-7-3-4-14(13-22)19(24)21-8-10-26-11-9-21/h1-2,5-6,12,14H,3-4,7-11,13H2. The molecule has 7 nitrogen and oxygen atoms in total. The molecular weight excluding hydrogens is 348 g/mol. The highest BCUT2D eigenvalue weighted by molar-refractivity contribution is 5.93. The van der Waals surface area contributed by atoms with Gasteiger partial charge in [0, 0.05) is 32.2 Å². The van der Waals surface area contributed by atoms with E-state index in [2.05, 4.69) is 0 Å². The lowest BCUT2D eigenvalue weighted by atomic mass is 9.96. The van der Waals surface area contributed by atoms with Gasteiger partial charge in [-0.2, -0.15) is 0 Å². The van der Waals surface area contributed by atoms with Crippen LogP contribution in [0.4, 0.5) is 0 Å². The summed E-state index contributed by atoms with van der Waals surface area (Å²) < 4.78 is 11.0. The van der Waals surface area contributed by atoms with E-state index in [-0.39, 0.29) is 28.9 Å². The van der Waals surface area contributed by atoms with E-state index < -0.39 is 0 Å². The van der Waals surface area contributed by atoms with Crippen molar-refractivity contribution in [2.45, 2.75) is 12.8 Å². The molecule has 2 fully saturated rings. The van der Waals surface area contributed by atoms with E-state index in [1.807, 2.05) is 4.90 Å². The van der Waals surface area contributed by atoms with Crippen LogP contribution in [-0.2, 0) is 9.53 Å². The minimum Gasteiger partial charge on any atom is -0.451 e. The lowest BCUT2D eigenvalue weighted by molar-refractivity contribution is -0.141. The summed E-state index contributed by atoms with van der Waals surface area (Å²) in [6.45, 7) is 3.23. The van der Waals surface area contributed by atoms with Crippen LogP contribution < -0.4 is 5.43 Å². The Morgan fingerprint density at radius 1 is 1.04 bits per heavy atom. The zero-order valence-corrected chi connectivity index (χ0v) is 15.1. The second-order valence-corrected chi connectivity index (χ2v) is 7.00. The van der Waals surface area contributed by atoms with Crippen LogP contribution in [0.5, 0.6) is 0 Å². The number of hydrogen-bond acceptors (Lipinski definition) is 5. The minimum atomic E-state index is -0.336. The largest absolute Gasteiger partial charge is 0.451 e. The Morgan fingerprint density at radius 3 is 2.63 bits per heavy atom. The van der Waals surface area contributed by atoms with Gasteiger partial charge in [0.1, 0.15) is 5.58 Å². The average molecular weight is 370 g/mol. The molecule has 2 aliphatic heterocycles. The summed E-state index contributed by atoms with van der Waals surface area (Å²) in [7, 11) is 0. The molecule has 27 heavy (non-hydrogen) atoms. The van der Waals surface area contributed by atoms with Crippen molar-refractivity contribution >= 4 is 22.8 Å². The molecule has 1 unspecified atom stereocenters. The van der Waals surface area contributed by atoms with Crippen LogP contribution in [-0.4, -0.2) is 61.0 Å². The molecule has 4 rings (SSSR count). The first-order chi connectivity index (χ1) is 13.1. The molecule has 1 aromatic heterocycles. The molecule has 142 valence electrons. The van der Waals surface area contributed by atoms with Crippen LogP contribution >= 0.6 is 0 Å². The van der Waals surface area contributed by atoms with Crippen molar-refractivity contribution in [1.82, 2.24) is 9.80 Å². The van der Waals surface area contributed by atoms with Crippen molar-refractivity contribution in [2.24, 2.45) is 5.92 Å². The van der Waals surface area contributed by atoms with Gasteiger partial charge in [-0.25, -0.2) is 0 Å². The van der Waals surface area contributed by atoms with E-state index in [1.54, 1.807) is 29.2 Å². The van der Waals surface area contributed by atoms with Gasteiger partial charge in [0.2, 0.25) is 5.91 Å². The summed E-state index contributed by atoms with van der Waals surface area (Å²) in [5, 5.41) is 0.452. The quantitative estimate of drug-likeness (QED) is 0.800. The number of hydrogen-bond donors (Lipinski definition) is 0. The van der Waals surface area contributed by atoms with Gasteiger partial charge >= 0.3 is 0 Å². The molecule has 0 spiro atoms. The van der Waals surface area contributed by atoms with E-state index in [4.69, 9.17) is 9.15 Å². The Bertz CT molecular complexity index is 916. The van der Waals surface area contributed by atoms with Crippen LogP contribution in [0.15, 0.2) is 39.5 Å². The molecule has 2 amide bonds. The highest BCUT2D eigenvalue weighted by Crippen LogP contribution is 2.22. The monoisotopic (exact) mass is 370 g/mol. The number of ether oxygens (including phenoxy) is 1. The molecule has 0 aliphatic carbocycles. The maximum Gasteiger partial charge on any atom is 0.289 e. The summed E-state index contributed by atoms with van der Waals surface area (Å²) >= 11 is 0. The number of amides is 2. The molecule has 2 aromatic rings. The Morgan fingerprint density at radius 2 is 1.81 bits per heavy atom. The maximum absolute atomic E-state index is 12.9. The Kier molecular flexibility index (Phi) is 4.94. The normalized spacial score (nSPS) is 20.7. The molecule has 2 saturated heterocycles. The first-order valence-electron chi connectivity index (χ1n) is 9.32. The van der Waals surface area contributed by atoms with Crippen LogP contribution in [0, 0.1) is 5.92 Å². The highest BCUT2D eigenvalue weighted by atomic mass is 16.5. The van der Waals surface area contributed by atoms with Gasteiger partial charge in [-0.3, -0.25) is 14.4 Å². The second kappa shape index (κ2) is 7.52. The lowest BCUT2D eigenvalue weighted by Gasteiger charge is -2.36. The third kappa shape index (κ3) is 3.60. The third-order valence-electron chi connectivity index (χ3n) is 5.23. The molecule has 1 atom stereocenters. The summed E-state index contributed by atoms with van der Waals surface area (Å²) in [5.41, 5.74) is 0.157. The smallest absolute Gasteiger partial charge is 0.289 e. The number of fused-ring (bicyclic) bond motifs is 1. The fraction of sp³-hybridized carbons (Fsp3) is 0.450. The Hall–Kier alpha value is -2.67. The number of morpholine rings is 1. The number of nitrogens with zero attached hydrogens (tertiary/aromatic N) is 2. The predicted molar refractivity (Wildman–Crippen MR) is 98.5 cm³/mol. The molecule has 1 aromatic carbocycles. The van der Waals surface area contributed by atoms with Gasteiger partial charge in [0.15, 0.2) is 11.2 Å². The minimum absolute atomic E-state index is 0.0261. The van der Waals surface area contributed by atoms with Crippen LogP contribution in [0.1, 0.15) is 23.4 Å². The number of para-hydroxylation sites is 1. The first kappa shape index (κ1) is 17.7. The number of carbonyl (C=O) groups excluding carboxylic acids is 2. The van der Waals surface area contributed by atoms with Crippen molar-refractivity contribution in [1.29, 1.82) is 0 Å². The van der Waals surface area contributed by atoms with Crippen molar-refractivity contribution in [3.63, 3.8) is 0 Å². The van der Waals surface area contributed by atoms with Gasteiger partial charge < -0.3 is 19.0 Å². The number of piperidine rings is 1. The van der Waals surface area contributed by atoms with Gasteiger partial charge in [-0.15, -0.1) is 0 Å². The Balaban J connectivity index is 1.52. The Labute approximate surface area is 156 Å². The molecule has 0 saturated carbocycles. The number of likely N-dealkylation sites (tertiary alicyclic amines) is 1. The molecule has 0 bridgehead atoms. The van der Waals surface area contributed by atoms with E-state index in [0.29, 0.717) is 50.4 Å². The lowest BCUT2D eigenvalue weighted by Crippen LogP contribution is -2.49. The van der Waals surface area contributed by atoms with Crippen molar-refractivity contribution in [3.8, 4) is 0 Å². The zero-order valence-electron chi connectivity index (χ0n) is 15.1. The second-order valence-electron chi connectivity index (χ2n) is 7.00. The predicted octanol–water partition coefficient (Wildman–Crippen LogP) is 1.50. The topological polar surface area (TPSA) is 80.1 Å². The van der Waals surface area contributed by atoms with Gasteiger partial charge in [-0.05, 0) is 25.0 Å². The molecule has 0 radical (unpaired) electrons. The zero-order chi connectivity index (χ0) is 18.8. The molecule has 7 heteroatoms. The average Bonchev–Trinajstić information content (AvgIpc) is 2.73. The van der Waals surface area contributed by atoms with E-state index in [9.17, 15) is 14.4 Å². The van der Waals surface area contributed by atoms with Crippen LogP contribution in [0.2, 0.25) is 0 Å². The molecule has 0 N–H and O–H groups in total. The molecular formula is C20H22N2O5. The molecule has 2 aliphatic rings. The van der Waals surface area contributed by atoms with Crippen LogP contribution in [0.25, 0.3) is 11.0 Å². The van der Waals surface area contributed by atoms with E-state index in [0.717, 1.165) is 12.8 Å². The number of rotatable bonds is 2. The fourth-order valence-electron chi connectivity index (χ4n) is 3.77. The number of benzene rings is 1. The van der Waals surface area contributed by atoms with Crippen molar-refractivity contribution < 1.29 is 18.7 Å². The van der Waals surface area contributed by atoms with Crippen molar-refractivity contribution in [2.75, 3.05) is 39.4 Å². The summed E-state index contributed by atoms with van der Waals surface area (Å²) in [6.07, 6.45) is 1.52. The van der Waals surface area contributed by atoms with E-state index >= 15 is 0 Å². The van der Waals surface area contributed by atoms with Crippen molar-refractivity contribution in [3.05, 3.63) is 46.3 Å². The summed E-state index contributed by atoms with van der Waals surface area (Å²) in [4.78, 5) is 41.3. The van der Waals surface area contributed by atoms with Gasteiger partial charge in [0.05, 0.1) is 24.5 Å². The fourth-order valence-corrected chi connectivity index (χ4v) is 3.77. The van der Waals surface area contributed by atoms with Gasteiger partial charge in [0.25, 0.3) is 5.91 Å².